The molecule has 0 saturated carbocycles. The minimum Gasteiger partial charge on any atom is -0.347 e. The molecule has 0 unspecified atom stereocenters. The molecule has 2 aromatic heterocycles. The topological polar surface area (TPSA) is 54.9 Å². The van der Waals surface area contributed by atoms with Crippen molar-refractivity contribution in [3.63, 3.8) is 0 Å². The van der Waals surface area contributed by atoms with Crippen LogP contribution in [0, 0.1) is 12.7 Å². The molecule has 0 bridgehead atoms. The molecule has 34 heavy (non-hydrogen) atoms. The van der Waals surface area contributed by atoms with Crippen LogP contribution in [0.25, 0.3) is 32.4 Å². The first kappa shape index (κ1) is 22.1. The van der Waals surface area contributed by atoms with E-state index in [1.54, 1.807) is 23.5 Å². The van der Waals surface area contributed by atoms with Gasteiger partial charge < -0.3 is 5.32 Å². The highest BCUT2D eigenvalue weighted by molar-refractivity contribution is 7.17. The number of amides is 1. The van der Waals surface area contributed by atoms with Crippen molar-refractivity contribution in [1.82, 2.24) is 15.3 Å². The number of aromatic nitrogens is 2. The number of rotatable bonds is 6. The fourth-order valence-corrected chi connectivity index (χ4v) is 5.36. The summed E-state index contributed by atoms with van der Waals surface area (Å²) in [7, 11) is 0. The molecular formula is C27H20FN3OS2. The number of thiazole rings is 2. The number of halogens is 1. The van der Waals surface area contributed by atoms with Gasteiger partial charge in [-0.1, -0.05) is 48.5 Å². The summed E-state index contributed by atoms with van der Waals surface area (Å²) < 4.78 is 13.2. The van der Waals surface area contributed by atoms with E-state index in [0.717, 1.165) is 33.0 Å². The number of hydrogen-bond donors (Lipinski definition) is 1. The van der Waals surface area contributed by atoms with Gasteiger partial charge in [-0.05, 0) is 42.8 Å². The molecule has 168 valence electrons. The van der Waals surface area contributed by atoms with Crippen LogP contribution in [0.2, 0.25) is 0 Å². The van der Waals surface area contributed by atoms with Crippen molar-refractivity contribution in [3.8, 4) is 32.4 Å². The lowest BCUT2D eigenvalue weighted by molar-refractivity contribution is 0.0954. The Bertz CT molecular complexity index is 1440. The second-order valence-electron chi connectivity index (χ2n) is 7.73. The van der Waals surface area contributed by atoms with Gasteiger partial charge in [-0.3, -0.25) is 4.79 Å². The minimum absolute atomic E-state index is 0.172. The Morgan fingerprint density at radius 1 is 0.882 bits per heavy atom. The molecule has 0 fully saturated rings. The zero-order chi connectivity index (χ0) is 23.5. The molecule has 7 heteroatoms. The van der Waals surface area contributed by atoms with Gasteiger partial charge in [-0.25, -0.2) is 14.4 Å². The molecule has 5 rings (SSSR count). The van der Waals surface area contributed by atoms with E-state index in [2.05, 4.69) is 21.7 Å². The Morgan fingerprint density at radius 3 is 2.44 bits per heavy atom. The summed E-state index contributed by atoms with van der Waals surface area (Å²) in [6, 6.07) is 24.3. The second kappa shape index (κ2) is 9.67. The van der Waals surface area contributed by atoms with Crippen LogP contribution in [0.3, 0.4) is 0 Å². The molecule has 0 radical (unpaired) electrons. The lowest BCUT2D eigenvalue weighted by atomic mass is 10.1. The number of nitrogens with zero attached hydrogens (tertiary/aromatic N) is 2. The Hall–Kier alpha value is -3.68. The minimum atomic E-state index is -0.300. The number of nitrogens with one attached hydrogen (secondary N) is 1. The fourth-order valence-electron chi connectivity index (χ4n) is 3.55. The molecule has 0 spiro atoms. The first-order valence-electron chi connectivity index (χ1n) is 10.7. The zero-order valence-electron chi connectivity index (χ0n) is 18.3. The smallest absolute Gasteiger partial charge is 0.263 e. The summed E-state index contributed by atoms with van der Waals surface area (Å²) in [5.74, 6) is -0.472. The van der Waals surface area contributed by atoms with Gasteiger partial charge >= 0.3 is 0 Å². The second-order valence-corrected chi connectivity index (χ2v) is 9.58. The van der Waals surface area contributed by atoms with Crippen LogP contribution in [0.4, 0.5) is 4.39 Å². The summed E-state index contributed by atoms with van der Waals surface area (Å²) in [5.41, 5.74) is 5.51. The van der Waals surface area contributed by atoms with E-state index in [9.17, 15) is 9.18 Å². The van der Waals surface area contributed by atoms with Crippen LogP contribution in [-0.4, -0.2) is 15.9 Å². The average Bonchev–Trinajstić information content (AvgIpc) is 3.51. The van der Waals surface area contributed by atoms with Gasteiger partial charge in [0.25, 0.3) is 5.91 Å². The number of aryl methyl sites for hydroxylation is 1. The SMILES string of the molecule is Cc1nc(-c2ccc(F)cc2)sc1C(=O)NCc1cccc(-c2nc(-c3ccccc3)cs2)c1. The molecular weight excluding hydrogens is 465 g/mol. The van der Waals surface area contributed by atoms with Gasteiger partial charge in [0.2, 0.25) is 0 Å². The molecule has 1 N–H and O–H groups in total. The number of carbonyl (C=O) groups is 1. The number of carbonyl (C=O) groups excluding carboxylic acids is 1. The van der Waals surface area contributed by atoms with Crippen LogP contribution in [-0.2, 0) is 6.54 Å². The van der Waals surface area contributed by atoms with Crippen molar-refractivity contribution >= 4 is 28.6 Å². The monoisotopic (exact) mass is 485 g/mol. The summed E-state index contributed by atoms with van der Waals surface area (Å²) in [5, 5.41) is 6.69. The largest absolute Gasteiger partial charge is 0.347 e. The normalized spacial score (nSPS) is 10.9. The predicted molar refractivity (Wildman–Crippen MR) is 136 cm³/mol. The van der Waals surface area contributed by atoms with Crippen molar-refractivity contribution in [2.45, 2.75) is 13.5 Å². The molecule has 2 heterocycles. The van der Waals surface area contributed by atoms with Crippen LogP contribution < -0.4 is 5.32 Å². The summed E-state index contributed by atoms with van der Waals surface area (Å²) >= 11 is 2.91. The van der Waals surface area contributed by atoms with Crippen LogP contribution in [0.1, 0.15) is 20.9 Å². The zero-order valence-corrected chi connectivity index (χ0v) is 19.9. The molecule has 0 aliphatic carbocycles. The molecule has 0 atom stereocenters. The van der Waals surface area contributed by atoms with Crippen molar-refractivity contribution < 1.29 is 9.18 Å². The Labute approximate surface area is 204 Å². The van der Waals surface area contributed by atoms with E-state index in [-0.39, 0.29) is 11.7 Å². The van der Waals surface area contributed by atoms with Crippen molar-refractivity contribution in [3.05, 3.63) is 106 Å². The highest BCUT2D eigenvalue weighted by atomic mass is 32.1. The van der Waals surface area contributed by atoms with Gasteiger partial charge in [0, 0.05) is 28.6 Å². The molecule has 5 aromatic rings. The van der Waals surface area contributed by atoms with Crippen LogP contribution in [0.5, 0.6) is 0 Å². The lowest BCUT2D eigenvalue weighted by Gasteiger charge is -2.06. The third-order valence-corrected chi connectivity index (χ3v) is 7.39. The maximum Gasteiger partial charge on any atom is 0.263 e. The fraction of sp³-hybridized carbons (Fsp3) is 0.0741. The predicted octanol–water partition coefficient (Wildman–Crippen LogP) is 6.98. The van der Waals surface area contributed by atoms with Crippen LogP contribution >= 0.6 is 22.7 Å². The summed E-state index contributed by atoms with van der Waals surface area (Å²) in [6.07, 6.45) is 0. The first-order valence-corrected chi connectivity index (χ1v) is 12.4. The molecule has 1 amide bonds. The lowest BCUT2D eigenvalue weighted by Crippen LogP contribution is -2.22. The first-order chi connectivity index (χ1) is 16.6. The molecule has 0 aliphatic heterocycles. The van der Waals surface area contributed by atoms with Gasteiger partial charge in [0.05, 0.1) is 11.4 Å². The van der Waals surface area contributed by atoms with Gasteiger partial charge in [0.15, 0.2) is 0 Å². The van der Waals surface area contributed by atoms with Crippen LogP contribution in [0.15, 0.2) is 84.2 Å². The summed E-state index contributed by atoms with van der Waals surface area (Å²) in [4.78, 5) is 22.7. The molecule has 4 nitrogen and oxygen atoms in total. The molecule has 0 aliphatic rings. The average molecular weight is 486 g/mol. The Morgan fingerprint density at radius 2 is 1.65 bits per heavy atom. The highest BCUT2D eigenvalue weighted by Gasteiger charge is 2.16. The van der Waals surface area contributed by atoms with E-state index in [0.29, 0.717) is 22.1 Å². The van der Waals surface area contributed by atoms with Crippen molar-refractivity contribution in [1.29, 1.82) is 0 Å². The van der Waals surface area contributed by atoms with E-state index >= 15 is 0 Å². The number of benzene rings is 3. The van der Waals surface area contributed by atoms with Crippen molar-refractivity contribution in [2.75, 3.05) is 0 Å². The maximum absolute atomic E-state index is 13.2. The quantitative estimate of drug-likeness (QED) is 0.282. The molecule has 3 aromatic carbocycles. The van der Waals surface area contributed by atoms with E-state index in [1.807, 2.05) is 55.5 Å². The van der Waals surface area contributed by atoms with E-state index in [4.69, 9.17) is 4.98 Å². The van der Waals surface area contributed by atoms with E-state index < -0.39 is 0 Å². The molecule has 0 saturated heterocycles. The Kier molecular flexibility index (Phi) is 6.29. The third-order valence-electron chi connectivity index (χ3n) is 5.29. The summed E-state index contributed by atoms with van der Waals surface area (Å²) in [6.45, 7) is 2.21. The number of hydrogen-bond acceptors (Lipinski definition) is 5. The maximum atomic E-state index is 13.2. The van der Waals surface area contributed by atoms with E-state index in [1.165, 1.54) is 23.5 Å². The van der Waals surface area contributed by atoms with Gasteiger partial charge in [-0.15, -0.1) is 22.7 Å². The Balaban J connectivity index is 1.28. The van der Waals surface area contributed by atoms with Gasteiger partial charge in [0.1, 0.15) is 20.7 Å². The van der Waals surface area contributed by atoms with Gasteiger partial charge in [-0.2, -0.15) is 0 Å². The third kappa shape index (κ3) is 4.81. The standard InChI is InChI=1S/C27H20FN3OS2/c1-17-24(34-27(30-17)20-10-12-22(28)13-11-20)25(32)29-15-18-6-5-9-21(14-18)26-31-23(16-33-26)19-7-3-2-4-8-19/h2-14,16H,15H2,1H3,(H,29,32). The highest BCUT2D eigenvalue weighted by Crippen LogP contribution is 2.30. The van der Waals surface area contributed by atoms with Crippen molar-refractivity contribution in [2.24, 2.45) is 0 Å².